The van der Waals surface area contributed by atoms with Crippen LogP contribution in [0.2, 0.25) is 0 Å². The van der Waals surface area contributed by atoms with Gasteiger partial charge in [0.25, 0.3) is 5.91 Å². The number of anilines is 1. The number of halogens is 1. The summed E-state index contributed by atoms with van der Waals surface area (Å²) in [7, 11) is 1.72. The lowest BCUT2D eigenvalue weighted by Gasteiger charge is -2.16. The average Bonchev–Trinajstić information content (AvgIpc) is 2.86. The number of amides is 1. The summed E-state index contributed by atoms with van der Waals surface area (Å²) in [4.78, 5) is 14.2. The van der Waals surface area contributed by atoms with Crippen LogP contribution in [0.4, 0.5) is 5.69 Å². The van der Waals surface area contributed by atoms with Crippen molar-refractivity contribution in [2.45, 2.75) is 5.88 Å². The molecular weight excluding hydrogens is 258 g/mol. The summed E-state index contributed by atoms with van der Waals surface area (Å²) in [5.74, 6) is 0.0575. The van der Waals surface area contributed by atoms with Crippen LogP contribution in [0.15, 0.2) is 30.3 Å². The number of alkyl halides is 1. The molecule has 1 aromatic carbocycles. The van der Waals surface area contributed by atoms with Crippen LogP contribution in [0.3, 0.4) is 0 Å². The zero-order valence-electron chi connectivity index (χ0n) is 9.13. The van der Waals surface area contributed by atoms with Gasteiger partial charge in [-0.15, -0.1) is 16.7 Å². The minimum atomic E-state index is -0.137. The second-order valence-electron chi connectivity index (χ2n) is 3.38. The molecule has 1 amide bonds. The van der Waals surface area contributed by atoms with Gasteiger partial charge in [-0.3, -0.25) is 4.79 Å². The average molecular weight is 268 g/mol. The third-order valence-electron chi connectivity index (χ3n) is 2.32. The highest BCUT2D eigenvalue weighted by Crippen LogP contribution is 2.19. The molecule has 0 N–H and O–H groups in total. The molecule has 2 rings (SSSR count). The molecule has 0 unspecified atom stereocenters. The van der Waals surface area contributed by atoms with E-state index in [0.29, 0.717) is 10.6 Å². The third kappa shape index (κ3) is 2.45. The van der Waals surface area contributed by atoms with E-state index in [2.05, 4.69) is 9.59 Å². The van der Waals surface area contributed by atoms with Gasteiger partial charge in [-0.2, -0.15) is 0 Å². The summed E-state index contributed by atoms with van der Waals surface area (Å²) < 4.78 is 3.75. The molecule has 2 aromatic rings. The molecule has 0 aliphatic rings. The van der Waals surface area contributed by atoms with Gasteiger partial charge < -0.3 is 4.90 Å². The smallest absolute Gasteiger partial charge is 0.271 e. The van der Waals surface area contributed by atoms with Crippen molar-refractivity contribution in [3.63, 3.8) is 0 Å². The Morgan fingerprint density at radius 1 is 1.41 bits per heavy atom. The first-order chi connectivity index (χ1) is 8.24. The predicted octanol–water partition coefficient (Wildman–Crippen LogP) is 2.55. The van der Waals surface area contributed by atoms with Crippen molar-refractivity contribution >= 4 is 34.7 Å². The van der Waals surface area contributed by atoms with Crippen molar-refractivity contribution in [2.75, 3.05) is 11.9 Å². The van der Waals surface area contributed by atoms with Crippen LogP contribution in [0.1, 0.15) is 15.4 Å². The predicted molar refractivity (Wildman–Crippen MR) is 68.6 cm³/mol. The van der Waals surface area contributed by atoms with Crippen LogP contribution < -0.4 is 4.90 Å². The zero-order valence-corrected chi connectivity index (χ0v) is 10.7. The van der Waals surface area contributed by atoms with Gasteiger partial charge in [0, 0.05) is 12.7 Å². The second kappa shape index (κ2) is 5.25. The Labute approximate surface area is 108 Å². The molecule has 4 nitrogen and oxygen atoms in total. The molecule has 0 radical (unpaired) electrons. The van der Waals surface area contributed by atoms with Gasteiger partial charge in [0.2, 0.25) is 0 Å². The van der Waals surface area contributed by atoms with E-state index in [0.717, 1.165) is 17.2 Å². The number of nitrogens with zero attached hydrogens (tertiary/aromatic N) is 3. The lowest BCUT2D eigenvalue weighted by Crippen LogP contribution is -2.26. The van der Waals surface area contributed by atoms with Crippen molar-refractivity contribution in [1.82, 2.24) is 9.59 Å². The molecule has 0 saturated heterocycles. The molecule has 0 fully saturated rings. The van der Waals surface area contributed by atoms with Gasteiger partial charge in [0.1, 0.15) is 10.6 Å². The van der Waals surface area contributed by atoms with E-state index in [1.165, 1.54) is 0 Å². The standard InChI is InChI=1S/C11H10ClN3OS/c1-15(8-5-3-2-4-6-8)11(16)10-9(7-12)13-14-17-10/h2-6H,7H2,1H3. The molecule has 0 spiro atoms. The Morgan fingerprint density at radius 2 is 2.12 bits per heavy atom. The molecule has 0 aliphatic heterocycles. The molecule has 0 atom stereocenters. The lowest BCUT2D eigenvalue weighted by molar-refractivity contribution is 0.0996. The molecular formula is C11H10ClN3OS. The van der Waals surface area contributed by atoms with Gasteiger partial charge in [0.15, 0.2) is 0 Å². The van der Waals surface area contributed by atoms with Crippen LogP contribution in [0, 0.1) is 0 Å². The first-order valence-electron chi connectivity index (χ1n) is 4.94. The number of hydrogen-bond acceptors (Lipinski definition) is 4. The topological polar surface area (TPSA) is 46.1 Å². The third-order valence-corrected chi connectivity index (χ3v) is 3.33. The normalized spacial score (nSPS) is 10.2. The quantitative estimate of drug-likeness (QED) is 0.803. The highest BCUT2D eigenvalue weighted by atomic mass is 35.5. The Kier molecular flexibility index (Phi) is 3.71. The summed E-state index contributed by atoms with van der Waals surface area (Å²) in [6, 6.07) is 9.40. The first-order valence-corrected chi connectivity index (χ1v) is 6.25. The molecule has 88 valence electrons. The van der Waals surface area contributed by atoms with E-state index in [9.17, 15) is 4.79 Å². The molecule has 1 heterocycles. The number of carbonyl (C=O) groups excluding carboxylic acids is 1. The van der Waals surface area contributed by atoms with Crippen LogP contribution in [-0.4, -0.2) is 22.5 Å². The molecule has 0 saturated carbocycles. The zero-order chi connectivity index (χ0) is 12.3. The van der Waals surface area contributed by atoms with Crippen molar-refractivity contribution in [1.29, 1.82) is 0 Å². The summed E-state index contributed by atoms with van der Waals surface area (Å²) in [6.07, 6.45) is 0. The van der Waals surface area contributed by atoms with Crippen LogP contribution in [0.25, 0.3) is 0 Å². The SMILES string of the molecule is CN(C(=O)c1snnc1CCl)c1ccccc1. The second-order valence-corrected chi connectivity index (χ2v) is 4.40. The van der Waals surface area contributed by atoms with Crippen molar-refractivity contribution in [3.05, 3.63) is 40.9 Å². The molecule has 6 heteroatoms. The van der Waals surface area contributed by atoms with Gasteiger partial charge in [0.05, 0.1) is 5.88 Å². The summed E-state index contributed by atoms with van der Waals surface area (Å²) in [5, 5.41) is 3.82. The largest absolute Gasteiger partial charge is 0.311 e. The minimum Gasteiger partial charge on any atom is -0.311 e. The minimum absolute atomic E-state index is 0.137. The van der Waals surface area contributed by atoms with Crippen molar-refractivity contribution in [2.24, 2.45) is 0 Å². The highest BCUT2D eigenvalue weighted by Gasteiger charge is 2.20. The number of aromatic nitrogens is 2. The Morgan fingerprint density at radius 3 is 2.76 bits per heavy atom. The van der Waals surface area contributed by atoms with E-state index in [1.54, 1.807) is 11.9 Å². The highest BCUT2D eigenvalue weighted by molar-refractivity contribution is 7.08. The van der Waals surface area contributed by atoms with E-state index in [4.69, 9.17) is 11.6 Å². The number of para-hydroxylation sites is 1. The summed E-state index contributed by atoms with van der Waals surface area (Å²) in [5.41, 5.74) is 1.36. The number of carbonyl (C=O) groups is 1. The maximum Gasteiger partial charge on any atom is 0.271 e. The maximum absolute atomic E-state index is 12.2. The molecule has 17 heavy (non-hydrogen) atoms. The molecule has 0 aliphatic carbocycles. The van der Waals surface area contributed by atoms with Gasteiger partial charge >= 0.3 is 0 Å². The summed E-state index contributed by atoms with van der Waals surface area (Å²) in [6.45, 7) is 0. The van der Waals surface area contributed by atoms with Gasteiger partial charge in [-0.25, -0.2) is 0 Å². The Hall–Kier alpha value is -1.46. The molecule has 0 bridgehead atoms. The van der Waals surface area contributed by atoms with E-state index in [-0.39, 0.29) is 11.8 Å². The fraction of sp³-hybridized carbons (Fsp3) is 0.182. The fourth-order valence-electron chi connectivity index (χ4n) is 1.38. The van der Waals surface area contributed by atoms with Gasteiger partial charge in [-0.05, 0) is 23.7 Å². The first kappa shape index (κ1) is 12.0. The van der Waals surface area contributed by atoms with E-state index >= 15 is 0 Å². The molecule has 1 aromatic heterocycles. The summed E-state index contributed by atoms with van der Waals surface area (Å²) >= 11 is 6.77. The Bertz CT molecular complexity index is 514. The van der Waals surface area contributed by atoms with Crippen LogP contribution in [0.5, 0.6) is 0 Å². The Balaban J connectivity index is 2.27. The van der Waals surface area contributed by atoms with Crippen LogP contribution in [-0.2, 0) is 5.88 Å². The van der Waals surface area contributed by atoms with Crippen molar-refractivity contribution < 1.29 is 4.79 Å². The van der Waals surface area contributed by atoms with E-state index in [1.807, 2.05) is 30.3 Å². The van der Waals surface area contributed by atoms with Crippen molar-refractivity contribution in [3.8, 4) is 0 Å². The van der Waals surface area contributed by atoms with Gasteiger partial charge in [-0.1, -0.05) is 22.7 Å². The lowest BCUT2D eigenvalue weighted by atomic mass is 10.3. The number of hydrogen-bond donors (Lipinski definition) is 0. The monoisotopic (exact) mass is 267 g/mol. The number of rotatable bonds is 3. The number of benzene rings is 1. The van der Waals surface area contributed by atoms with Crippen LogP contribution >= 0.6 is 23.1 Å². The fourth-order valence-corrected chi connectivity index (χ4v) is 2.30. The van der Waals surface area contributed by atoms with E-state index < -0.39 is 0 Å². The maximum atomic E-state index is 12.2.